The van der Waals surface area contributed by atoms with Crippen LogP contribution in [0.5, 0.6) is 11.5 Å². The second kappa shape index (κ2) is 6.27. The minimum atomic E-state index is 0.556. The Morgan fingerprint density at radius 2 is 2.11 bits per heavy atom. The van der Waals surface area contributed by atoms with Crippen LogP contribution in [0, 0.1) is 11.3 Å². The Bertz CT molecular complexity index is 436. The number of rotatable bonds is 7. The van der Waals surface area contributed by atoms with Crippen molar-refractivity contribution >= 4 is 0 Å². The van der Waals surface area contributed by atoms with Crippen molar-refractivity contribution in [2.45, 2.75) is 25.3 Å². The van der Waals surface area contributed by atoms with Gasteiger partial charge in [-0.15, -0.1) is 0 Å². The van der Waals surface area contributed by atoms with Crippen LogP contribution in [-0.2, 0) is 0 Å². The minimum absolute atomic E-state index is 0.556. The van der Waals surface area contributed by atoms with E-state index in [4.69, 9.17) is 14.7 Å². The predicted octanol–water partition coefficient (Wildman–Crippen LogP) is 2.09. The van der Waals surface area contributed by atoms with Crippen LogP contribution in [0.15, 0.2) is 18.2 Å². The van der Waals surface area contributed by atoms with Crippen LogP contribution >= 0.6 is 0 Å². The van der Waals surface area contributed by atoms with Crippen LogP contribution in [0.4, 0.5) is 0 Å². The molecule has 0 aliphatic heterocycles. The summed E-state index contributed by atoms with van der Waals surface area (Å²) in [5.41, 5.74) is 0.556. The lowest BCUT2D eigenvalue weighted by atomic mass is 10.2. The fourth-order valence-corrected chi connectivity index (χ4v) is 1.69. The molecule has 1 aromatic rings. The fraction of sp³-hybridized carbons (Fsp3) is 0.500. The van der Waals surface area contributed by atoms with E-state index in [1.165, 1.54) is 12.8 Å². The normalized spacial score (nSPS) is 14.0. The van der Waals surface area contributed by atoms with Crippen LogP contribution < -0.4 is 14.8 Å². The number of hydrogen-bond acceptors (Lipinski definition) is 4. The lowest BCUT2D eigenvalue weighted by molar-refractivity contribution is 0.305. The standard InChI is InChI=1S/C14H18N2O2/c1-17-13-7-11(10-15)8-14(9-13)18-6-2-5-16-12-3-4-12/h7-9,12,16H,2-6H2,1H3. The molecule has 2 rings (SSSR count). The molecule has 1 fully saturated rings. The van der Waals surface area contributed by atoms with Crippen molar-refractivity contribution in [3.05, 3.63) is 23.8 Å². The van der Waals surface area contributed by atoms with Crippen molar-refractivity contribution in [1.29, 1.82) is 5.26 Å². The Kier molecular flexibility index (Phi) is 4.43. The first kappa shape index (κ1) is 12.7. The number of ether oxygens (including phenoxy) is 2. The number of benzene rings is 1. The van der Waals surface area contributed by atoms with Gasteiger partial charge in [0.15, 0.2) is 0 Å². The Balaban J connectivity index is 1.78. The van der Waals surface area contributed by atoms with E-state index in [-0.39, 0.29) is 0 Å². The Morgan fingerprint density at radius 3 is 2.78 bits per heavy atom. The molecular formula is C14H18N2O2. The Labute approximate surface area is 108 Å². The van der Waals surface area contributed by atoms with Crippen LogP contribution in [0.2, 0.25) is 0 Å². The predicted molar refractivity (Wildman–Crippen MR) is 68.8 cm³/mol. The van der Waals surface area contributed by atoms with Gasteiger partial charge in [-0.25, -0.2) is 0 Å². The second-order valence-electron chi connectivity index (χ2n) is 4.44. The van der Waals surface area contributed by atoms with Crippen LogP contribution in [0.1, 0.15) is 24.8 Å². The molecule has 0 unspecified atom stereocenters. The average Bonchev–Trinajstić information content (AvgIpc) is 3.22. The maximum atomic E-state index is 8.89. The van der Waals surface area contributed by atoms with Crippen LogP contribution in [0.25, 0.3) is 0 Å². The van der Waals surface area contributed by atoms with Crippen molar-refractivity contribution in [3.63, 3.8) is 0 Å². The summed E-state index contributed by atoms with van der Waals surface area (Å²) < 4.78 is 10.7. The molecule has 1 aliphatic rings. The maximum Gasteiger partial charge on any atom is 0.124 e. The highest BCUT2D eigenvalue weighted by molar-refractivity contribution is 5.43. The molecule has 0 spiro atoms. The monoisotopic (exact) mass is 246 g/mol. The van der Waals surface area contributed by atoms with Gasteiger partial charge in [-0.05, 0) is 37.9 Å². The summed E-state index contributed by atoms with van der Waals surface area (Å²) in [6.45, 7) is 1.64. The molecule has 0 bridgehead atoms. The van der Waals surface area contributed by atoms with E-state index in [9.17, 15) is 0 Å². The van der Waals surface area contributed by atoms with Crippen molar-refractivity contribution in [2.24, 2.45) is 0 Å². The third kappa shape index (κ3) is 3.94. The maximum absolute atomic E-state index is 8.89. The van der Waals surface area contributed by atoms with Crippen LogP contribution in [-0.4, -0.2) is 26.3 Å². The van der Waals surface area contributed by atoms with E-state index in [0.717, 1.165) is 19.0 Å². The fourth-order valence-electron chi connectivity index (χ4n) is 1.69. The SMILES string of the molecule is COc1cc(C#N)cc(OCCCNC2CC2)c1. The highest BCUT2D eigenvalue weighted by Crippen LogP contribution is 2.22. The molecule has 0 amide bonds. The summed E-state index contributed by atoms with van der Waals surface area (Å²) in [7, 11) is 1.58. The Hall–Kier alpha value is -1.73. The van der Waals surface area contributed by atoms with Crippen molar-refractivity contribution in [1.82, 2.24) is 5.32 Å². The van der Waals surface area contributed by atoms with Gasteiger partial charge in [0.2, 0.25) is 0 Å². The van der Waals surface area contributed by atoms with E-state index < -0.39 is 0 Å². The van der Waals surface area contributed by atoms with Gasteiger partial charge in [0.1, 0.15) is 11.5 Å². The number of hydrogen-bond donors (Lipinski definition) is 1. The van der Waals surface area contributed by atoms with Gasteiger partial charge in [-0.2, -0.15) is 5.26 Å². The lowest BCUT2D eigenvalue weighted by Crippen LogP contribution is -2.19. The largest absolute Gasteiger partial charge is 0.497 e. The molecule has 0 atom stereocenters. The molecule has 1 aliphatic carbocycles. The third-order valence-electron chi connectivity index (χ3n) is 2.85. The molecule has 1 aromatic carbocycles. The molecule has 1 saturated carbocycles. The first-order valence-corrected chi connectivity index (χ1v) is 6.27. The topological polar surface area (TPSA) is 54.3 Å². The first-order valence-electron chi connectivity index (χ1n) is 6.27. The molecule has 96 valence electrons. The highest BCUT2D eigenvalue weighted by atomic mass is 16.5. The molecule has 0 heterocycles. The molecular weight excluding hydrogens is 228 g/mol. The summed E-state index contributed by atoms with van der Waals surface area (Å²) in [6.07, 6.45) is 3.58. The number of nitrogens with one attached hydrogen (secondary N) is 1. The quantitative estimate of drug-likeness (QED) is 0.748. The molecule has 4 heteroatoms. The van der Waals surface area contributed by atoms with Gasteiger partial charge < -0.3 is 14.8 Å². The lowest BCUT2D eigenvalue weighted by Gasteiger charge is -2.08. The van der Waals surface area contributed by atoms with Crippen molar-refractivity contribution < 1.29 is 9.47 Å². The summed E-state index contributed by atoms with van der Waals surface area (Å²) in [5, 5.41) is 12.3. The van der Waals surface area contributed by atoms with Gasteiger partial charge >= 0.3 is 0 Å². The van der Waals surface area contributed by atoms with Gasteiger partial charge in [-0.3, -0.25) is 0 Å². The zero-order valence-electron chi connectivity index (χ0n) is 10.6. The summed E-state index contributed by atoms with van der Waals surface area (Å²) in [5.74, 6) is 1.34. The summed E-state index contributed by atoms with van der Waals surface area (Å²) in [4.78, 5) is 0. The first-order chi connectivity index (χ1) is 8.81. The molecule has 1 N–H and O–H groups in total. The number of nitrogens with zero attached hydrogens (tertiary/aromatic N) is 1. The summed E-state index contributed by atoms with van der Waals surface area (Å²) in [6, 6.07) is 8.07. The van der Waals surface area contributed by atoms with Gasteiger partial charge in [-0.1, -0.05) is 0 Å². The molecule has 0 saturated heterocycles. The number of methoxy groups -OCH3 is 1. The molecule has 0 aromatic heterocycles. The highest BCUT2D eigenvalue weighted by Gasteiger charge is 2.19. The molecule has 0 radical (unpaired) electrons. The molecule has 4 nitrogen and oxygen atoms in total. The van der Waals surface area contributed by atoms with E-state index in [1.807, 2.05) is 0 Å². The van der Waals surface area contributed by atoms with Crippen molar-refractivity contribution in [3.8, 4) is 17.6 Å². The van der Waals surface area contributed by atoms with Gasteiger partial charge in [0, 0.05) is 12.1 Å². The zero-order chi connectivity index (χ0) is 12.8. The third-order valence-corrected chi connectivity index (χ3v) is 2.85. The van der Waals surface area contributed by atoms with Crippen molar-refractivity contribution in [2.75, 3.05) is 20.3 Å². The minimum Gasteiger partial charge on any atom is -0.497 e. The van der Waals surface area contributed by atoms with Crippen LogP contribution in [0.3, 0.4) is 0 Å². The number of nitriles is 1. The summed E-state index contributed by atoms with van der Waals surface area (Å²) >= 11 is 0. The van der Waals surface area contributed by atoms with Gasteiger partial charge in [0.05, 0.1) is 25.3 Å². The van der Waals surface area contributed by atoms with Gasteiger partial charge in [0.25, 0.3) is 0 Å². The zero-order valence-corrected chi connectivity index (χ0v) is 10.6. The van der Waals surface area contributed by atoms with E-state index in [0.29, 0.717) is 23.7 Å². The smallest absolute Gasteiger partial charge is 0.124 e. The molecule has 18 heavy (non-hydrogen) atoms. The average molecular weight is 246 g/mol. The van der Waals surface area contributed by atoms with E-state index in [1.54, 1.807) is 25.3 Å². The Morgan fingerprint density at radius 1 is 1.33 bits per heavy atom. The van der Waals surface area contributed by atoms with E-state index in [2.05, 4.69) is 11.4 Å². The van der Waals surface area contributed by atoms with E-state index >= 15 is 0 Å². The second-order valence-corrected chi connectivity index (χ2v) is 4.44.